The second kappa shape index (κ2) is 7.80. The van der Waals surface area contributed by atoms with Crippen molar-refractivity contribution in [3.63, 3.8) is 0 Å². The maximum absolute atomic E-state index is 12.6. The molecule has 2 aromatic carbocycles. The predicted octanol–water partition coefficient (Wildman–Crippen LogP) is 4.09. The van der Waals surface area contributed by atoms with Crippen LogP contribution in [0.3, 0.4) is 0 Å². The highest BCUT2D eigenvalue weighted by Gasteiger charge is 2.52. The van der Waals surface area contributed by atoms with E-state index in [1.807, 2.05) is 36.4 Å². The first-order valence-electron chi connectivity index (χ1n) is 8.54. The van der Waals surface area contributed by atoms with Gasteiger partial charge in [0.25, 0.3) is 5.97 Å². The van der Waals surface area contributed by atoms with Gasteiger partial charge in [-0.15, -0.1) is 0 Å². The number of unbranched alkanes of at least 4 members (excludes halogenated alkanes) is 1. The lowest BCUT2D eigenvalue weighted by Crippen LogP contribution is -2.67. The van der Waals surface area contributed by atoms with Gasteiger partial charge >= 0.3 is 8.32 Å². The van der Waals surface area contributed by atoms with E-state index in [0.29, 0.717) is 6.42 Å². The molecule has 0 saturated carbocycles. The molecule has 0 unspecified atom stereocenters. The van der Waals surface area contributed by atoms with Crippen LogP contribution in [0.25, 0.3) is 0 Å². The van der Waals surface area contributed by atoms with Crippen molar-refractivity contribution < 1.29 is 9.22 Å². The van der Waals surface area contributed by atoms with Crippen molar-refractivity contribution in [2.45, 2.75) is 45.1 Å². The summed E-state index contributed by atoms with van der Waals surface area (Å²) in [7, 11) is -2.73. The monoisotopic (exact) mass is 339 g/mol. The molecule has 3 heteroatoms. The summed E-state index contributed by atoms with van der Waals surface area (Å²) < 4.78 is 6.35. The predicted molar refractivity (Wildman–Crippen MR) is 103 cm³/mol. The zero-order chi connectivity index (χ0) is 17.6. The van der Waals surface area contributed by atoms with E-state index in [4.69, 9.17) is 4.43 Å². The molecule has 0 bridgehead atoms. The van der Waals surface area contributed by atoms with Crippen molar-refractivity contribution in [2.24, 2.45) is 0 Å². The minimum Gasteiger partial charge on any atom is -0.510 e. The molecule has 24 heavy (non-hydrogen) atoms. The van der Waals surface area contributed by atoms with E-state index in [1.54, 1.807) is 0 Å². The molecule has 2 aromatic rings. The molecule has 0 aliphatic rings. The van der Waals surface area contributed by atoms with E-state index in [1.165, 1.54) is 0 Å². The van der Waals surface area contributed by atoms with Gasteiger partial charge in [-0.05, 0) is 21.8 Å². The minimum atomic E-state index is -2.73. The van der Waals surface area contributed by atoms with E-state index >= 15 is 0 Å². The number of hydrogen-bond donors (Lipinski definition) is 0. The molecular weight excluding hydrogens is 312 g/mol. The van der Waals surface area contributed by atoms with Crippen LogP contribution in [0.5, 0.6) is 0 Å². The molecule has 0 aliphatic carbocycles. The molecule has 127 valence electrons. The van der Waals surface area contributed by atoms with Crippen molar-refractivity contribution >= 4 is 24.7 Å². The van der Waals surface area contributed by atoms with Crippen LogP contribution < -0.4 is 10.4 Å². The largest absolute Gasteiger partial charge is 0.510 e. The van der Waals surface area contributed by atoms with Gasteiger partial charge in [0.2, 0.25) is 0 Å². The number of benzene rings is 2. The van der Waals surface area contributed by atoms with Crippen LogP contribution in [0.15, 0.2) is 60.7 Å². The van der Waals surface area contributed by atoms with Gasteiger partial charge in [-0.1, -0.05) is 94.8 Å². The van der Waals surface area contributed by atoms with Gasteiger partial charge < -0.3 is 4.43 Å². The van der Waals surface area contributed by atoms with Gasteiger partial charge in [0.15, 0.2) is 0 Å². The molecule has 0 heterocycles. The Morgan fingerprint density at radius 1 is 0.958 bits per heavy atom. The van der Waals surface area contributed by atoms with Crippen molar-refractivity contribution in [1.29, 1.82) is 0 Å². The number of hydrogen-bond acceptors (Lipinski definition) is 2. The first kappa shape index (κ1) is 18.5. The smallest absolute Gasteiger partial charge is 0.323 e. The van der Waals surface area contributed by atoms with Crippen molar-refractivity contribution in [1.82, 2.24) is 0 Å². The summed E-state index contributed by atoms with van der Waals surface area (Å²) in [5.74, 6) is -0.118. The molecular formula is C21H27O2Si. The summed E-state index contributed by atoms with van der Waals surface area (Å²) in [5, 5.41) is 2.09. The third kappa shape index (κ3) is 3.78. The quantitative estimate of drug-likeness (QED) is 0.741. The maximum Gasteiger partial charge on any atom is 0.323 e. The molecule has 0 saturated heterocycles. The second-order valence-corrected chi connectivity index (χ2v) is 11.3. The number of carbonyl (C=O) groups excluding carboxylic acids is 1. The van der Waals surface area contributed by atoms with Crippen LogP contribution >= 0.6 is 0 Å². The molecule has 0 fully saturated rings. The van der Waals surface area contributed by atoms with Crippen LogP contribution in [-0.4, -0.2) is 14.3 Å². The SMILES string of the molecule is [CH2]CCCC(=O)O[Si](c1ccccc1)(c1ccccc1)C(C)(C)C. The fourth-order valence-electron chi connectivity index (χ4n) is 3.14. The van der Waals surface area contributed by atoms with E-state index in [0.717, 1.165) is 23.2 Å². The zero-order valence-electron chi connectivity index (χ0n) is 14.9. The van der Waals surface area contributed by atoms with Crippen LogP contribution in [0.1, 0.15) is 40.0 Å². The Labute approximate surface area is 147 Å². The summed E-state index contributed by atoms with van der Waals surface area (Å²) in [4.78, 5) is 12.6. The Morgan fingerprint density at radius 2 is 1.42 bits per heavy atom. The Morgan fingerprint density at radius 3 is 1.79 bits per heavy atom. The second-order valence-electron chi connectivity index (χ2n) is 7.09. The van der Waals surface area contributed by atoms with E-state index in [2.05, 4.69) is 52.0 Å². The summed E-state index contributed by atoms with van der Waals surface area (Å²) in [6.07, 6.45) is 1.93. The van der Waals surface area contributed by atoms with E-state index < -0.39 is 8.32 Å². The summed E-state index contributed by atoms with van der Waals surface area (Å²) in [6.45, 7) is 10.3. The minimum absolute atomic E-state index is 0.118. The molecule has 2 rings (SSSR count). The lowest BCUT2D eigenvalue weighted by atomic mass is 10.2. The number of carbonyl (C=O) groups is 1. The summed E-state index contributed by atoms with van der Waals surface area (Å²) in [6, 6.07) is 20.5. The van der Waals surface area contributed by atoms with Crippen LogP contribution in [0.2, 0.25) is 5.04 Å². The average molecular weight is 340 g/mol. The van der Waals surface area contributed by atoms with E-state index in [-0.39, 0.29) is 11.0 Å². The molecule has 1 radical (unpaired) electrons. The molecule has 0 N–H and O–H groups in total. The highest BCUT2D eigenvalue weighted by Crippen LogP contribution is 2.37. The Balaban J connectivity index is 2.59. The van der Waals surface area contributed by atoms with Crippen molar-refractivity contribution in [3.8, 4) is 0 Å². The fourth-order valence-corrected chi connectivity index (χ4v) is 7.52. The molecule has 0 amide bonds. The third-order valence-electron chi connectivity index (χ3n) is 4.31. The van der Waals surface area contributed by atoms with Crippen molar-refractivity contribution in [3.05, 3.63) is 67.6 Å². The van der Waals surface area contributed by atoms with Gasteiger partial charge in [0.1, 0.15) is 0 Å². The van der Waals surface area contributed by atoms with Gasteiger partial charge in [0, 0.05) is 6.42 Å². The third-order valence-corrected chi connectivity index (χ3v) is 9.25. The first-order valence-corrected chi connectivity index (χ1v) is 10.4. The molecule has 0 aliphatic heterocycles. The maximum atomic E-state index is 12.6. The topological polar surface area (TPSA) is 26.3 Å². The van der Waals surface area contributed by atoms with Gasteiger partial charge in [-0.3, -0.25) is 4.79 Å². The zero-order valence-corrected chi connectivity index (χ0v) is 15.9. The van der Waals surface area contributed by atoms with Crippen LogP contribution in [0.4, 0.5) is 0 Å². The van der Waals surface area contributed by atoms with Crippen LogP contribution in [0, 0.1) is 6.92 Å². The molecule has 2 nitrogen and oxygen atoms in total. The Kier molecular flexibility index (Phi) is 6.00. The summed E-state index contributed by atoms with van der Waals surface area (Å²) in [5.41, 5.74) is 0. The standard InChI is InChI=1S/C21H27O2Si/c1-5-6-17-20(22)23-24(21(2,3)4,18-13-9-7-10-14-18)19-15-11-8-12-16-19/h7-16H,1,5-6,17H2,2-4H3. The average Bonchev–Trinajstić information content (AvgIpc) is 2.58. The van der Waals surface area contributed by atoms with Gasteiger partial charge in [-0.2, -0.15) is 0 Å². The van der Waals surface area contributed by atoms with Crippen LogP contribution in [-0.2, 0) is 9.22 Å². The lowest BCUT2D eigenvalue weighted by molar-refractivity contribution is -0.135. The van der Waals surface area contributed by atoms with Crippen molar-refractivity contribution in [2.75, 3.05) is 0 Å². The molecule has 0 aromatic heterocycles. The highest BCUT2D eigenvalue weighted by atomic mass is 28.4. The highest BCUT2D eigenvalue weighted by molar-refractivity contribution is 7.00. The Hall–Kier alpha value is -1.87. The van der Waals surface area contributed by atoms with E-state index in [9.17, 15) is 4.79 Å². The normalized spacial score (nSPS) is 12.0. The first-order chi connectivity index (χ1) is 11.4. The van der Waals surface area contributed by atoms with Gasteiger partial charge in [-0.25, -0.2) is 0 Å². The fraction of sp³-hybridized carbons (Fsp3) is 0.333. The number of rotatable bonds is 6. The van der Waals surface area contributed by atoms with Gasteiger partial charge in [0.05, 0.1) is 0 Å². The molecule has 0 atom stereocenters. The molecule has 0 spiro atoms. The lowest BCUT2D eigenvalue weighted by Gasteiger charge is -2.42. The Bertz CT molecular complexity index is 605. The summed E-state index contributed by atoms with van der Waals surface area (Å²) >= 11 is 0.